The van der Waals surface area contributed by atoms with E-state index in [2.05, 4.69) is 4.74 Å². The lowest BCUT2D eigenvalue weighted by Gasteiger charge is -2.41. The van der Waals surface area contributed by atoms with Gasteiger partial charge >= 0.3 is 11.9 Å². The topological polar surface area (TPSA) is 152 Å². The van der Waals surface area contributed by atoms with E-state index < -0.39 is 55.9 Å². The standard InChI is InChI=1S/C16H20O10/c1-23-15(22)8-2-4-9(5-3-8)25-16-13(21)14(24-7-11(18)19)12(20)10(6-17)26-16/h2-5,10,12-14,16-17,20-21H,6-7H2,1H3,(H,18,19)/t10-,12+,13-,14+,16-/m1/s1. The number of carbonyl (C=O) groups is 2. The van der Waals surface area contributed by atoms with Gasteiger partial charge in [-0.1, -0.05) is 0 Å². The summed E-state index contributed by atoms with van der Waals surface area (Å²) >= 11 is 0. The zero-order valence-electron chi connectivity index (χ0n) is 13.8. The Kier molecular flexibility index (Phi) is 6.89. The van der Waals surface area contributed by atoms with Gasteiger partial charge in [-0.15, -0.1) is 0 Å². The van der Waals surface area contributed by atoms with Crippen LogP contribution in [0.3, 0.4) is 0 Å². The number of carboxylic acid groups (broad SMARTS) is 1. The van der Waals surface area contributed by atoms with E-state index >= 15 is 0 Å². The molecule has 1 aromatic carbocycles. The Morgan fingerprint density at radius 1 is 1.15 bits per heavy atom. The third-order valence-electron chi connectivity index (χ3n) is 3.75. The first-order chi connectivity index (χ1) is 12.4. The van der Waals surface area contributed by atoms with Crippen LogP contribution < -0.4 is 4.74 Å². The summed E-state index contributed by atoms with van der Waals surface area (Å²) in [6.07, 6.45) is -6.78. The number of ether oxygens (including phenoxy) is 4. The number of rotatable bonds is 7. The smallest absolute Gasteiger partial charge is 0.337 e. The lowest BCUT2D eigenvalue weighted by molar-refractivity contribution is -0.285. The molecule has 0 unspecified atom stereocenters. The minimum atomic E-state index is -1.52. The second-order valence-electron chi connectivity index (χ2n) is 5.51. The monoisotopic (exact) mass is 372 g/mol. The summed E-state index contributed by atoms with van der Waals surface area (Å²) in [7, 11) is 1.25. The molecule has 5 atom stereocenters. The first kappa shape index (κ1) is 20.1. The van der Waals surface area contributed by atoms with E-state index in [0.29, 0.717) is 0 Å². The Hall–Kier alpha value is -2.24. The molecule has 0 saturated carbocycles. The van der Waals surface area contributed by atoms with Crippen molar-refractivity contribution < 1.29 is 49.0 Å². The third kappa shape index (κ3) is 4.68. The van der Waals surface area contributed by atoms with Gasteiger partial charge in [-0.25, -0.2) is 9.59 Å². The molecule has 0 aromatic heterocycles. The minimum absolute atomic E-state index is 0.228. The summed E-state index contributed by atoms with van der Waals surface area (Å²) in [5, 5.41) is 38.3. The van der Waals surface area contributed by atoms with Crippen LogP contribution in [0.1, 0.15) is 10.4 Å². The van der Waals surface area contributed by atoms with Crippen LogP contribution >= 0.6 is 0 Å². The van der Waals surface area contributed by atoms with Crippen LogP contribution in [0.25, 0.3) is 0 Å². The van der Waals surface area contributed by atoms with E-state index in [1.54, 1.807) is 0 Å². The number of hydrogen-bond donors (Lipinski definition) is 4. The minimum Gasteiger partial charge on any atom is -0.480 e. The summed E-state index contributed by atoms with van der Waals surface area (Å²) in [5.74, 6) is -1.59. The van der Waals surface area contributed by atoms with Crippen molar-refractivity contribution in [1.29, 1.82) is 0 Å². The Labute approximate surface area is 148 Å². The van der Waals surface area contributed by atoms with E-state index in [-0.39, 0.29) is 11.3 Å². The highest BCUT2D eigenvalue weighted by Gasteiger charge is 2.46. The van der Waals surface area contributed by atoms with Gasteiger partial charge in [-0.2, -0.15) is 0 Å². The molecule has 0 bridgehead atoms. The molecule has 1 aromatic rings. The predicted octanol–water partition coefficient (Wildman–Crippen LogP) is -1.24. The number of hydrogen-bond acceptors (Lipinski definition) is 9. The van der Waals surface area contributed by atoms with Gasteiger partial charge < -0.3 is 39.4 Å². The van der Waals surface area contributed by atoms with Crippen molar-refractivity contribution >= 4 is 11.9 Å². The molecule has 10 nitrogen and oxygen atoms in total. The molecule has 2 rings (SSSR count). The van der Waals surface area contributed by atoms with Crippen LogP contribution in [0, 0.1) is 0 Å². The fourth-order valence-corrected chi connectivity index (χ4v) is 2.44. The highest BCUT2D eigenvalue weighted by Crippen LogP contribution is 2.26. The number of aliphatic hydroxyl groups excluding tert-OH is 3. The molecule has 1 aliphatic heterocycles. The second-order valence-corrected chi connectivity index (χ2v) is 5.51. The largest absolute Gasteiger partial charge is 0.480 e. The van der Waals surface area contributed by atoms with Gasteiger partial charge in [0, 0.05) is 0 Å². The Morgan fingerprint density at radius 2 is 1.81 bits per heavy atom. The molecule has 1 fully saturated rings. The number of carbonyl (C=O) groups excluding carboxylic acids is 1. The molecule has 144 valence electrons. The lowest BCUT2D eigenvalue weighted by atomic mass is 9.99. The molecule has 1 aliphatic rings. The highest BCUT2D eigenvalue weighted by atomic mass is 16.7. The molecule has 0 spiro atoms. The number of carboxylic acids is 1. The van der Waals surface area contributed by atoms with Crippen LogP contribution in [0.5, 0.6) is 5.75 Å². The SMILES string of the molecule is COC(=O)c1ccc(O[C@@H]2O[C@H](CO)[C@H](O)[C@H](OCC(=O)O)[C@H]2O)cc1. The summed E-state index contributed by atoms with van der Waals surface area (Å²) < 4.78 is 20.4. The molecule has 0 amide bonds. The summed E-state index contributed by atoms with van der Waals surface area (Å²) in [4.78, 5) is 22.1. The van der Waals surface area contributed by atoms with Crippen molar-refractivity contribution in [2.75, 3.05) is 20.3 Å². The number of benzene rings is 1. The van der Waals surface area contributed by atoms with E-state index in [9.17, 15) is 24.9 Å². The van der Waals surface area contributed by atoms with E-state index in [4.69, 9.17) is 19.3 Å². The lowest BCUT2D eigenvalue weighted by Crippen LogP contribution is -2.61. The number of esters is 1. The van der Waals surface area contributed by atoms with Gasteiger partial charge in [0.1, 0.15) is 36.8 Å². The van der Waals surface area contributed by atoms with Crippen molar-refractivity contribution in [3.8, 4) is 5.75 Å². The molecular formula is C16H20O10. The maximum atomic E-state index is 11.4. The van der Waals surface area contributed by atoms with Gasteiger partial charge in [-0.3, -0.25) is 0 Å². The second kappa shape index (κ2) is 8.92. The fraction of sp³-hybridized carbons (Fsp3) is 0.500. The molecule has 1 saturated heterocycles. The van der Waals surface area contributed by atoms with Crippen LogP contribution in [-0.2, 0) is 19.0 Å². The molecule has 4 N–H and O–H groups in total. The molecule has 10 heteroatoms. The van der Waals surface area contributed by atoms with Crippen LogP contribution in [0.15, 0.2) is 24.3 Å². The summed E-state index contributed by atoms with van der Waals surface area (Å²) in [6, 6.07) is 5.75. The maximum absolute atomic E-state index is 11.4. The Bertz CT molecular complexity index is 616. The van der Waals surface area contributed by atoms with E-state index in [1.807, 2.05) is 0 Å². The van der Waals surface area contributed by atoms with Gasteiger partial charge in [0.25, 0.3) is 0 Å². The van der Waals surface area contributed by atoms with Crippen LogP contribution in [0.2, 0.25) is 0 Å². The summed E-state index contributed by atoms with van der Waals surface area (Å²) in [5.41, 5.74) is 0.288. The molecule has 26 heavy (non-hydrogen) atoms. The first-order valence-electron chi connectivity index (χ1n) is 7.68. The zero-order valence-corrected chi connectivity index (χ0v) is 13.8. The van der Waals surface area contributed by atoms with Crippen molar-refractivity contribution in [3.05, 3.63) is 29.8 Å². The van der Waals surface area contributed by atoms with E-state index in [1.165, 1.54) is 31.4 Å². The van der Waals surface area contributed by atoms with Crippen molar-refractivity contribution in [2.24, 2.45) is 0 Å². The van der Waals surface area contributed by atoms with Crippen molar-refractivity contribution in [1.82, 2.24) is 0 Å². The quantitative estimate of drug-likeness (QED) is 0.428. The maximum Gasteiger partial charge on any atom is 0.337 e. The van der Waals surface area contributed by atoms with E-state index in [0.717, 1.165) is 0 Å². The number of aliphatic hydroxyl groups is 3. The zero-order chi connectivity index (χ0) is 19.3. The Morgan fingerprint density at radius 3 is 2.35 bits per heavy atom. The van der Waals surface area contributed by atoms with Gasteiger partial charge in [-0.05, 0) is 24.3 Å². The summed E-state index contributed by atoms with van der Waals surface area (Å²) in [6.45, 7) is -1.35. The third-order valence-corrected chi connectivity index (χ3v) is 3.75. The first-order valence-corrected chi connectivity index (χ1v) is 7.68. The molecular weight excluding hydrogens is 352 g/mol. The average molecular weight is 372 g/mol. The molecule has 0 radical (unpaired) electrons. The van der Waals surface area contributed by atoms with Crippen molar-refractivity contribution in [2.45, 2.75) is 30.7 Å². The normalized spacial score (nSPS) is 28.4. The van der Waals surface area contributed by atoms with Gasteiger partial charge in [0.15, 0.2) is 0 Å². The van der Waals surface area contributed by atoms with Crippen LogP contribution in [0.4, 0.5) is 0 Å². The number of methoxy groups -OCH3 is 1. The predicted molar refractivity (Wildman–Crippen MR) is 83.5 cm³/mol. The fourth-order valence-electron chi connectivity index (χ4n) is 2.44. The van der Waals surface area contributed by atoms with Gasteiger partial charge in [0.2, 0.25) is 6.29 Å². The van der Waals surface area contributed by atoms with Gasteiger partial charge in [0.05, 0.1) is 19.3 Å². The Balaban J connectivity index is 2.11. The molecule has 1 heterocycles. The van der Waals surface area contributed by atoms with Crippen LogP contribution in [-0.4, -0.2) is 83.4 Å². The van der Waals surface area contributed by atoms with Crippen molar-refractivity contribution in [3.63, 3.8) is 0 Å². The number of aliphatic carboxylic acids is 1. The average Bonchev–Trinajstić information content (AvgIpc) is 2.63. The molecule has 0 aliphatic carbocycles. The highest BCUT2D eigenvalue weighted by molar-refractivity contribution is 5.89.